The summed E-state index contributed by atoms with van der Waals surface area (Å²) in [7, 11) is -2.05. The van der Waals surface area contributed by atoms with Crippen molar-refractivity contribution in [3.63, 3.8) is 0 Å². The summed E-state index contributed by atoms with van der Waals surface area (Å²) in [6.07, 6.45) is -0.392. The molecule has 0 unspecified atom stereocenters. The van der Waals surface area contributed by atoms with E-state index in [0.717, 1.165) is 0 Å². The number of nitrogens with zero attached hydrogens (tertiary/aromatic N) is 1. The van der Waals surface area contributed by atoms with E-state index in [0.29, 0.717) is 22.0 Å². The van der Waals surface area contributed by atoms with Gasteiger partial charge in [-0.3, -0.25) is 4.79 Å². The molecule has 0 fully saturated rings. The van der Waals surface area contributed by atoms with Crippen molar-refractivity contribution in [1.82, 2.24) is 0 Å². The van der Waals surface area contributed by atoms with Gasteiger partial charge in [-0.05, 0) is 43.6 Å². The minimum absolute atomic E-state index is 0.0277. The fourth-order valence-corrected chi connectivity index (χ4v) is 3.84. The van der Waals surface area contributed by atoms with Crippen LogP contribution in [0, 0.1) is 13.5 Å². The maximum atomic E-state index is 12.0. The van der Waals surface area contributed by atoms with Crippen LogP contribution < -0.4 is 11.1 Å². The van der Waals surface area contributed by atoms with Crippen LogP contribution in [0.1, 0.15) is 33.3 Å². The SMILES string of the molecule is [C-]#[N+]c1ccc(N[C@@H](C(N)=O)[C@H](C)O[Si](C)(C)C(C)(C)C)c(C)c1Cl. The molecular weight excluding hydrogens is 354 g/mol. The van der Waals surface area contributed by atoms with Crippen LogP contribution >= 0.6 is 11.6 Å². The van der Waals surface area contributed by atoms with Crippen molar-refractivity contribution in [2.75, 3.05) is 5.32 Å². The van der Waals surface area contributed by atoms with E-state index in [9.17, 15) is 4.79 Å². The maximum Gasteiger partial charge on any atom is 0.242 e. The number of carbonyl (C=O) groups excluding carboxylic acids is 1. The number of amides is 1. The van der Waals surface area contributed by atoms with Gasteiger partial charge in [0.1, 0.15) is 6.04 Å². The van der Waals surface area contributed by atoms with E-state index < -0.39 is 26.4 Å². The molecule has 138 valence electrons. The molecule has 5 nitrogen and oxygen atoms in total. The predicted molar refractivity (Wildman–Crippen MR) is 107 cm³/mol. The van der Waals surface area contributed by atoms with Gasteiger partial charge in [0, 0.05) is 5.69 Å². The average Bonchev–Trinajstić information content (AvgIpc) is 2.46. The van der Waals surface area contributed by atoms with Crippen molar-refractivity contribution in [3.05, 3.63) is 34.1 Å². The van der Waals surface area contributed by atoms with Crippen LogP contribution in [0.15, 0.2) is 12.1 Å². The third-order valence-corrected chi connectivity index (χ3v) is 9.91. The minimum atomic E-state index is -2.05. The second-order valence-corrected chi connectivity index (χ2v) is 12.9. The van der Waals surface area contributed by atoms with Crippen molar-refractivity contribution in [2.24, 2.45) is 5.73 Å². The highest BCUT2D eigenvalue weighted by Crippen LogP contribution is 2.38. The normalized spacial score (nSPS) is 14.5. The lowest BCUT2D eigenvalue weighted by Gasteiger charge is -2.40. The molecule has 0 aliphatic rings. The summed E-state index contributed by atoms with van der Waals surface area (Å²) in [5.74, 6) is -0.490. The molecule has 0 aliphatic heterocycles. The summed E-state index contributed by atoms with van der Waals surface area (Å²) in [4.78, 5) is 15.4. The minimum Gasteiger partial charge on any atom is -0.412 e. The van der Waals surface area contributed by atoms with Crippen LogP contribution in [0.4, 0.5) is 11.4 Å². The van der Waals surface area contributed by atoms with E-state index >= 15 is 0 Å². The molecule has 0 radical (unpaired) electrons. The van der Waals surface area contributed by atoms with Crippen molar-refractivity contribution in [1.29, 1.82) is 0 Å². The molecule has 0 saturated carbocycles. The highest BCUT2D eigenvalue weighted by molar-refractivity contribution is 6.74. The van der Waals surface area contributed by atoms with Gasteiger partial charge in [-0.1, -0.05) is 38.4 Å². The van der Waals surface area contributed by atoms with Gasteiger partial charge in [-0.15, -0.1) is 0 Å². The maximum absolute atomic E-state index is 12.0. The molecule has 0 saturated heterocycles. The van der Waals surface area contributed by atoms with Gasteiger partial charge in [-0.25, -0.2) is 4.85 Å². The van der Waals surface area contributed by atoms with Crippen molar-refractivity contribution in [2.45, 2.75) is 64.9 Å². The van der Waals surface area contributed by atoms with Crippen molar-refractivity contribution >= 4 is 37.2 Å². The third-order valence-electron chi connectivity index (χ3n) is 4.86. The standard InChI is InChI=1S/C18H28ClN3O2Si/c1-11-13(9-10-14(21-6)15(11)19)22-16(17(20)23)12(2)24-25(7,8)18(3,4)5/h9-10,12,16,22H,1-5,7-8H3,(H2,20,23)/t12-,16+/m0/s1. The first-order chi connectivity index (χ1) is 11.3. The Morgan fingerprint density at radius 1 is 1.40 bits per heavy atom. The molecule has 25 heavy (non-hydrogen) atoms. The molecule has 3 N–H and O–H groups in total. The largest absolute Gasteiger partial charge is 0.412 e. The summed E-state index contributed by atoms with van der Waals surface area (Å²) in [5, 5.41) is 3.55. The van der Waals surface area contributed by atoms with Crippen LogP contribution in [0.2, 0.25) is 23.2 Å². The van der Waals surface area contributed by atoms with E-state index in [2.05, 4.69) is 44.0 Å². The van der Waals surface area contributed by atoms with E-state index in [-0.39, 0.29) is 5.04 Å². The quantitative estimate of drug-likeness (QED) is 0.545. The van der Waals surface area contributed by atoms with Crippen LogP contribution in [0.25, 0.3) is 4.85 Å². The highest BCUT2D eigenvalue weighted by Gasteiger charge is 2.40. The molecule has 0 aliphatic carbocycles. The summed E-state index contributed by atoms with van der Waals surface area (Å²) >= 11 is 6.21. The number of benzene rings is 1. The zero-order valence-electron chi connectivity index (χ0n) is 16.0. The van der Waals surface area contributed by atoms with Gasteiger partial charge < -0.3 is 15.5 Å². The lowest BCUT2D eigenvalue weighted by Crippen LogP contribution is -2.51. The van der Waals surface area contributed by atoms with E-state index in [1.807, 2.05) is 6.92 Å². The zero-order chi connectivity index (χ0) is 19.6. The van der Waals surface area contributed by atoms with Crippen molar-refractivity contribution < 1.29 is 9.22 Å². The summed E-state index contributed by atoms with van der Waals surface area (Å²) in [6, 6.07) is 2.67. The fraction of sp³-hybridized carbons (Fsp3) is 0.556. The zero-order valence-corrected chi connectivity index (χ0v) is 17.8. The van der Waals surface area contributed by atoms with Crippen LogP contribution in [-0.2, 0) is 9.22 Å². The van der Waals surface area contributed by atoms with Crippen LogP contribution in [-0.4, -0.2) is 26.4 Å². The Kier molecular flexibility index (Phi) is 6.68. The summed E-state index contributed by atoms with van der Waals surface area (Å²) in [5.41, 5.74) is 7.37. The lowest BCUT2D eigenvalue weighted by atomic mass is 10.1. The molecule has 7 heteroatoms. The Bertz CT molecular complexity index is 693. The lowest BCUT2D eigenvalue weighted by molar-refractivity contribution is -0.120. The average molecular weight is 382 g/mol. The van der Waals surface area contributed by atoms with Gasteiger partial charge in [0.15, 0.2) is 8.32 Å². The highest BCUT2D eigenvalue weighted by atomic mass is 35.5. The molecule has 1 rings (SSSR count). The first kappa shape index (κ1) is 21.5. The van der Waals surface area contributed by atoms with Gasteiger partial charge in [-0.2, -0.15) is 0 Å². The van der Waals surface area contributed by atoms with Crippen LogP contribution in [0.5, 0.6) is 0 Å². The van der Waals surface area contributed by atoms with Gasteiger partial charge in [0.25, 0.3) is 0 Å². The fourth-order valence-electron chi connectivity index (χ4n) is 2.21. The Balaban J connectivity index is 3.09. The number of rotatable bonds is 6. The molecule has 0 bridgehead atoms. The number of hydrogen-bond acceptors (Lipinski definition) is 3. The van der Waals surface area contributed by atoms with E-state index in [1.165, 1.54) is 0 Å². The molecule has 0 heterocycles. The monoisotopic (exact) mass is 381 g/mol. The van der Waals surface area contributed by atoms with Crippen molar-refractivity contribution in [3.8, 4) is 0 Å². The third kappa shape index (κ3) is 4.97. The first-order valence-electron chi connectivity index (χ1n) is 8.22. The Morgan fingerprint density at radius 2 is 1.96 bits per heavy atom. The summed E-state index contributed by atoms with van der Waals surface area (Å²) in [6.45, 7) is 21.5. The molecule has 2 atom stereocenters. The van der Waals surface area contributed by atoms with Crippen LogP contribution in [0.3, 0.4) is 0 Å². The first-order valence-corrected chi connectivity index (χ1v) is 11.5. The Hall–Kier alpha value is -1.55. The number of hydrogen-bond donors (Lipinski definition) is 2. The van der Waals surface area contributed by atoms with Gasteiger partial charge >= 0.3 is 0 Å². The Morgan fingerprint density at radius 3 is 2.40 bits per heavy atom. The number of anilines is 1. The smallest absolute Gasteiger partial charge is 0.242 e. The number of nitrogens with one attached hydrogen (secondary N) is 1. The number of carbonyl (C=O) groups is 1. The molecule has 1 aromatic carbocycles. The molecular formula is C18H28ClN3O2Si. The summed E-state index contributed by atoms with van der Waals surface area (Å²) < 4.78 is 6.31. The number of nitrogens with two attached hydrogens (primary N) is 1. The molecule has 0 aromatic heterocycles. The molecule has 1 aromatic rings. The van der Waals surface area contributed by atoms with E-state index in [1.54, 1.807) is 19.1 Å². The predicted octanol–water partition coefficient (Wildman–Crippen LogP) is 4.88. The Labute approximate surface area is 156 Å². The topological polar surface area (TPSA) is 68.7 Å². The second-order valence-electron chi connectivity index (χ2n) is 7.79. The second kappa shape index (κ2) is 7.77. The van der Waals surface area contributed by atoms with Gasteiger partial charge in [0.2, 0.25) is 11.6 Å². The number of halogens is 1. The van der Waals surface area contributed by atoms with Gasteiger partial charge in [0.05, 0.1) is 17.7 Å². The van der Waals surface area contributed by atoms with E-state index in [4.69, 9.17) is 28.3 Å². The molecule has 0 spiro atoms. The molecule has 1 amide bonds. The number of primary amides is 1.